The van der Waals surface area contributed by atoms with Crippen LogP contribution < -0.4 is 15.4 Å². The largest absolute Gasteiger partial charge is 0.494 e. The highest BCUT2D eigenvalue weighted by Crippen LogP contribution is 2.17. The topological polar surface area (TPSA) is 137 Å². The van der Waals surface area contributed by atoms with Crippen LogP contribution in [0, 0.1) is 10.1 Å². The Kier molecular flexibility index (Phi) is 8.96. The first kappa shape index (κ1) is 23.3. The van der Waals surface area contributed by atoms with Crippen molar-refractivity contribution in [3.05, 3.63) is 58.6 Å². The molecule has 10 nitrogen and oxygen atoms in total. The minimum Gasteiger partial charge on any atom is -0.494 e. The van der Waals surface area contributed by atoms with Gasteiger partial charge in [0, 0.05) is 36.3 Å². The van der Waals surface area contributed by atoms with Gasteiger partial charge in [0.15, 0.2) is 6.61 Å². The standard InChI is InChI=1S/C21H23N3O7/c1-2-30-18-11-9-15(10-12-18)22-20(26)14-31-21(27)8-4-7-19(25)23-16-5-3-6-17(13-16)24(28)29/h3,5-6,9-13H,2,4,7-8,14H2,1H3,(H,22,26)(H,23,25). The van der Waals surface area contributed by atoms with E-state index >= 15 is 0 Å². The SMILES string of the molecule is CCOc1ccc(NC(=O)COC(=O)CCCC(=O)Nc2cccc([N+](=O)[O-])c2)cc1. The first-order chi connectivity index (χ1) is 14.9. The summed E-state index contributed by atoms with van der Waals surface area (Å²) in [4.78, 5) is 45.7. The highest BCUT2D eigenvalue weighted by Gasteiger charge is 2.11. The molecule has 0 aliphatic carbocycles. The lowest BCUT2D eigenvalue weighted by Gasteiger charge is -2.08. The number of benzene rings is 2. The molecule has 2 amide bonds. The predicted molar refractivity (Wildman–Crippen MR) is 113 cm³/mol. The lowest BCUT2D eigenvalue weighted by atomic mass is 10.2. The number of amides is 2. The van der Waals surface area contributed by atoms with E-state index < -0.39 is 23.4 Å². The second kappa shape index (κ2) is 11.9. The zero-order valence-corrected chi connectivity index (χ0v) is 17.0. The van der Waals surface area contributed by atoms with Crippen LogP contribution in [0.15, 0.2) is 48.5 Å². The van der Waals surface area contributed by atoms with Gasteiger partial charge >= 0.3 is 5.97 Å². The van der Waals surface area contributed by atoms with Crippen molar-refractivity contribution in [1.82, 2.24) is 0 Å². The fraction of sp³-hybridized carbons (Fsp3) is 0.286. The number of anilines is 2. The Morgan fingerprint density at radius 1 is 0.968 bits per heavy atom. The van der Waals surface area contributed by atoms with Gasteiger partial charge in [-0.3, -0.25) is 24.5 Å². The van der Waals surface area contributed by atoms with Crippen molar-refractivity contribution in [2.45, 2.75) is 26.2 Å². The summed E-state index contributed by atoms with van der Waals surface area (Å²) in [5, 5.41) is 15.9. The molecule has 0 atom stereocenters. The van der Waals surface area contributed by atoms with Crippen molar-refractivity contribution in [3.63, 3.8) is 0 Å². The number of non-ortho nitro benzene ring substituents is 1. The average molecular weight is 429 g/mol. The zero-order chi connectivity index (χ0) is 22.6. The van der Waals surface area contributed by atoms with E-state index in [0.29, 0.717) is 23.7 Å². The van der Waals surface area contributed by atoms with Crippen LogP contribution in [0.4, 0.5) is 17.1 Å². The van der Waals surface area contributed by atoms with Gasteiger partial charge in [0.2, 0.25) is 5.91 Å². The van der Waals surface area contributed by atoms with Crippen LogP contribution in [-0.4, -0.2) is 35.9 Å². The molecule has 2 N–H and O–H groups in total. The van der Waals surface area contributed by atoms with Gasteiger partial charge in [-0.05, 0) is 43.7 Å². The number of hydrogen-bond donors (Lipinski definition) is 2. The van der Waals surface area contributed by atoms with E-state index in [-0.39, 0.29) is 30.9 Å². The third-order valence-corrected chi connectivity index (χ3v) is 3.94. The number of nitro groups is 1. The third kappa shape index (κ3) is 8.52. The quantitative estimate of drug-likeness (QED) is 0.318. The Balaban J connectivity index is 1.65. The van der Waals surface area contributed by atoms with Crippen LogP contribution in [0.2, 0.25) is 0 Å². The average Bonchev–Trinajstić information content (AvgIpc) is 2.74. The molecular formula is C21H23N3O7. The van der Waals surface area contributed by atoms with E-state index in [4.69, 9.17) is 9.47 Å². The summed E-state index contributed by atoms with van der Waals surface area (Å²) >= 11 is 0. The van der Waals surface area contributed by atoms with E-state index in [1.807, 2.05) is 6.92 Å². The highest BCUT2D eigenvalue weighted by molar-refractivity contribution is 5.93. The minimum atomic E-state index is -0.606. The Bertz CT molecular complexity index is 929. The number of carbonyl (C=O) groups excluding carboxylic acids is 3. The van der Waals surface area contributed by atoms with Gasteiger partial charge in [-0.2, -0.15) is 0 Å². The van der Waals surface area contributed by atoms with Crippen LogP contribution in [0.5, 0.6) is 5.75 Å². The van der Waals surface area contributed by atoms with Crippen molar-refractivity contribution < 1.29 is 28.8 Å². The zero-order valence-electron chi connectivity index (χ0n) is 17.0. The Morgan fingerprint density at radius 3 is 2.35 bits per heavy atom. The number of ether oxygens (including phenoxy) is 2. The molecule has 0 bridgehead atoms. The van der Waals surface area contributed by atoms with Gasteiger partial charge in [-0.25, -0.2) is 0 Å². The van der Waals surface area contributed by atoms with E-state index in [1.54, 1.807) is 24.3 Å². The Labute approximate surface area is 178 Å². The summed E-state index contributed by atoms with van der Waals surface area (Å²) < 4.78 is 10.2. The molecule has 31 heavy (non-hydrogen) atoms. The fourth-order valence-electron chi connectivity index (χ4n) is 2.53. The number of carbonyl (C=O) groups is 3. The van der Waals surface area contributed by atoms with Crippen molar-refractivity contribution in [1.29, 1.82) is 0 Å². The van der Waals surface area contributed by atoms with Gasteiger partial charge in [0.05, 0.1) is 11.5 Å². The molecule has 2 rings (SSSR count). The Hall–Kier alpha value is -3.95. The summed E-state index contributed by atoms with van der Waals surface area (Å²) in [6.45, 7) is 1.97. The molecule has 0 aliphatic rings. The molecule has 0 aromatic heterocycles. The molecule has 2 aromatic carbocycles. The van der Waals surface area contributed by atoms with E-state index in [9.17, 15) is 24.5 Å². The molecular weight excluding hydrogens is 406 g/mol. The molecule has 2 aromatic rings. The second-order valence-corrected chi connectivity index (χ2v) is 6.38. The molecule has 0 radical (unpaired) electrons. The van der Waals surface area contributed by atoms with Crippen molar-refractivity contribution in [2.24, 2.45) is 0 Å². The van der Waals surface area contributed by atoms with E-state index in [0.717, 1.165) is 0 Å². The normalized spacial score (nSPS) is 10.1. The summed E-state index contributed by atoms with van der Waals surface area (Å²) in [6.07, 6.45) is 0.189. The second-order valence-electron chi connectivity index (χ2n) is 6.38. The first-order valence-electron chi connectivity index (χ1n) is 9.60. The van der Waals surface area contributed by atoms with Crippen LogP contribution in [-0.2, 0) is 19.1 Å². The molecule has 0 aliphatic heterocycles. The maximum Gasteiger partial charge on any atom is 0.306 e. The first-order valence-corrected chi connectivity index (χ1v) is 9.60. The van der Waals surface area contributed by atoms with Crippen molar-refractivity contribution in [2.75, 3.05) is 23.8 Å². The van der Waals surface area contributed by atoms with Gasteiger partial charge < -0.3 is 20.1 Å². The molecule has 0 spiro atoms. The number of nitrogens with one attached hydrogen (secondary N) is 2. The third-order valence-electron chi connectivity index (χ3n) is 3.94. The van der Waals surface area contributed by atoms with Crippen LogP contribution in [0.3, 0.4) is 0 Å². The minimum absolute atomic E-state index is 0.0240. The number of nitrogens with zero attached hydrogens (tertiary/aromatic N) is 1. The summed E-state index contributed by atoms with van der Waals surface area (Å²) in [5.41, 5.74) is 0.708. The number of nitro benzene ring substituents is 1. The maximum atomic E-state index is 11.9. The van der Waals surface area contributed by atoms with Gasteiger partial charge in [0.25, 0.3) is 11.6 Å². The smallest absolute Gasteiger partial charge is 0.306 e. The fourth-order valence-corrected chi connectivity index (χ4v) is 2.53. The van der Waals surface area contributed by atoms with Gasteiger partial charge in [-0.15, -0.1) is 0 Å². The monoisotopic (exact) mass is 429 g/mol. The molecule has 0 saturated heterocycles. The molecule has 164 valence electrons. The molecule has 0 fully saturated rings. The number of esters is 1. The van der Waals surface area contributed by atoms with E-state index in [2.05, 4.69) is 10.6 Å². The number of rotatable bonds is 11. The molecule has 0 unspecified atom stereocenters. The lowest BCUT2D eigenvalue weighted by molar-refractivity contribution is -0.384. The predicted octanol–water partition coefficient (Wildman–Crippen LogP) is 3.28. The molecule has 10 heteroatoms. The van der Waals surface area contributed by atoms with Gasteiger partial charge in [-0.1, -0.05) is 6.07 Å². The summed E-state index contributed by atoms with van der Waals surface area (Å²) in [7, 11) is 0. The van der Waals surface area contributed by atoms with Crippen LogP contribution in [0.25, 0.3) is 0 Å². The summed E-state index contributed by atoms with van der Waals surface area (Å²) in [6, 6.07) is 12.3. The van der Waals surface area contributed by atoms with Crippen molar-refractivity contribution in [3.8, 4) is 5.75 Å². The lowest BCUT2D eigenvalue weighted by Crippen LogP contribution is -2.21. The molecule has 0 saturated carbocycles. The van der Waals surface area contributed by atoms with Crippen LogP contribution >= 0.6 is 0 Å². The van der Waals surface area contributed by atoms with Crippen molar-refractivity contribution >= 4 is 34.8 Å². The van der Waals surface area contributed by atoms with Crippen LogP contribution in [0.1, 0.15) is 26.2 Å². The van der Waals surface area contributed by atoms with E-state index in [1.165, 1.54) is 24.3 Å². The van der Waals surface area contributed by atoms with Gasteiger partial charge in [0.1, 0.15) is 5.75 Å². The maximum absolute atomic E-state index is 11.9. The summed E-state index contributed by atoms with van der Waals surface area (Å²) in [5.74, 6) is -0.797. The highest BCUT2D eigenvalue weighted by atomic mass is 16.6. The Morgan fingerprint density at radius 2 is 1.68 bits per heavy atom. The number of hydrogen-bond acceptors (Lipinski definition) is 7. The molecule has 0 heterocycles.